The lowest BCUT2D eigenvalue weighted by Crippen LogP contribution is -2.12. The van der Waals surface area contributed by atoms with Crippen molar-refractivity contribution in [3.8, 4) is 0 Å². The number of aryl methyl sites for hydroxylation is 1. The first-order valence-electron chi connectivity index (χ1n) is 6.84. The van der Waals surface area contributed by atoms with E-state index in [0.29, 0.717) is 17.1 Å². The van der Waals surface area contributed by atoms with Crippen LogP contribution in [-0.4, -0.2) is 16.1 Å². The van der Waals surface area contributed by atoms with Gasteiger partial charge in [0.2, 0.25) is 0 Å². The van der Waals surface area contributed by atoms with Gasteiger partial charge in [-0.15, -0.1) is 0 Å². The number of nitrogens with one attached hydrogen (secondary N) is 2. The SMILES string of the molecule is Cc1ccc(C(=O)Nc2cc(C(C)(C)C)n[nH]2)cc1N=[N+]=[N-]. The summed E-state index contributed by atoms with van der Waals surface area (Å²) in [7, 11) is 0. The highest BCUT2D eigenvalue weighted by atomic mass is 16.1. The summed E-state index contributed by atoms with van der Waals surface area (Å²) < 4.78 is 0. The van der Waals surface area contributed by atoms with E-state index in [2.05, 4.69) is 25.5 Å². The zero-order valence-electron chi connectivity index (χ0n) is 13.0. The van der Waals surface area contributed by atoms with Gasteiger partial charge >= 0.3 is 0 Å². The van der Waals surface area contributed by atoms with Crippen LogP contribution < -0.4 is 5.32 Å². The van der Waals surface area contributed by atoms with Gasteiger partial charge in [-0.1, -0.05) is 32.0 Å². The van der Waals surface area contributed by atoms with Crippen LogP contribution in [0, 0.1) is 6.92 Å². The molecular weight excluding hydrogens is 280 g/mol. The van der Waals surface area contributed by atoms with Crippen molar-refractivity contribution in [1.82, 2.24) is 10.2 Å². The molecular formula is C15H18N6O. The Balaban J connectivity index is 2.21. The van der Waals surface area contributed by atoms with E-state index in [4.69, 9.17) is 5.53 Å². The molecule has 2 rings (SSSR count). The van der Waals surface area contributed by atoms with Crippen LogP contribution in [0.4, 0.5) is 11.5 Å². The van der Waals surface area contributed by atoms with Gasteiger partial charge in [-0.25, -0.2) is 0 Å². The molecule has 1 amide bonds. The smallest absolute Gasteiger partial charge is 0.256 e. The number of hydrogen-bond donors (Lipinski definition) is 2. The lowest BCUT2D eigenvalue weighted by atomic mass is 9.92. The Morgan fingerprint density at radius 2 is 2.09 bits per heavy atom. The Hall–Kier alpha value is -2.79. The number of nitrogens with zero attached hydrogens (tertiary/aromatic N) is 4. The first-order chi connectivity index (χ1) is 10.3. The Kier molecular flexibility index (Phi) is 4.19. The summed E-state index contributed by atoms with van der Waals surface area (Å²) in [4.78, 5) is 15.0. The van der Waals surface area contributed by atoms with E-state index >= 15 is 0 Å². The maximum Gasteiger partial charge on any atom is 0.256 e. The quantitative estimate of drug-likeness (QED) is 0.503. The fourth-order valence-corrected chi connectivity index (χ4v) is 1.87. The second-order valence-electron chi connectivity index (χ2n) is 6.06. The molecule has 0 aliphatic carbocycles. The van der Waals surface area contributed by atoms with Crippen molar-refractivity contribution in [1.29, 1.82) is 0 Å². The third kappa shape index (κ3) is 3.45. The molecule has 1 aromatic heterocycles. The first kappa shape index (κ1) is 15.6. The fourth-order valence-electron chi connectivity index (χ4n) is 1.87. The highest BCUT2D eigenvalue weighted by Crippen LogP contribution is 2.23. The minimum atomic E-state index is -0.293. The molecule has 2 N–H and O–H groups in total. The Morgan fingerprint density at radius 1 is 1.36 bits per heavy atom. The van der Waals surface area contributed by atoms with Crippen LogP contribution in [0.2, 0.25) is 0 Å². The van der Waals surface area contributed by atoms with Gasteiger partial charge in [-0.2, -0.15) is 5.10 Å². The predicted molar refractivity (Wildman–Crippen MR) is 85.2 cm³/mol. The molecule has 0 unspecified atom stereocenters. The van der Waals surface area contributed by atoms with Crippen molar-refractivity contribution in [3.05, 3.63) is 51.5 Å². The maximum absolute atomic E-state index is 12.2. The normalized spacial score (nSPS) is 10.9. The minimum absolute atomic E-state index is 0.0992. The molecule has 0 bridgehead atoms. The van der Waals surface area contributed by atoms with Gasteiger partial charge in [0.15, 0.2) is 0 Å². The molecule has 7 nitrogen and oxygen atoms in total. The second kappa shape index (κ2) is 5.91. The van der Waals surface area contributed by atoms with Crippen LogP contribution in [0.15, 0.2) is 29.4 Å². The van der Waals surface area contributed by atoms with E-state index in [-0.39, 0.29) is 11.3 Å². The molecule has 0 aliphatic rings. The summed E-state index contributed by atoms with van der Waals surface area (Å²) in [5.41, 5.74) is 11.0. The summed E-state index contributed by atoms with van der Waals surface area (Å²) in [5, 5.41) is 13.3. The highest BCUT2D eigenvalue weighted by Gasteiger charge is 2.18. The van der Waals surface area contributed by atoms with Crippen molar-refractivity contribution >= 4 is 17.4 Å². The van der Waals surface area contributed by atoms with Crippen molar-refractivity contribution < 1.29 is 4.79 Å². The topological polar surface area (TPSA) is 107 Å². The average molecular weight is 298 g/mol. The number of hydrogen-bond acceptors (Lipinski definition) is 3. The second-order valence-corrected chi connectivity index (χ2v) is 6.06. The summed E-state index contributed by atoms with van der Waals surface area (Å²) in [6, 6.07) is 6.79. The molecule has 7 heteroatoms. The Labute approximate surface area is 128 Å². The van der Waals surface area contributed by atoms with E-state index in [1.54, 1.807) is 24.3 Å². The van der Waals surface area contributed by atoms with Crippen LogP contribution in [0.25, 0.3) is 10.4 Å². The molecule has 1 heterocycles. The molecule has 2 aromatic rings. The van der Waals surface area contributed by atoms with Crippen molar-refractivity contribution in [3.63, 3.8) is 0 Å². The van der Waals surface area contributed by atoms with Gasteiger partial charge in [0.25, 0.3) is 5.91 Å². The third-order valence-electron chi connectivity index (χ3n) is 3.22. The van der Waals surface area contributed by atoms with E-state index < -0.39 is 0 Å². The molecule has 22 heavy (non-hydrogen) atoms. The number of rotatable bonds is 3. The summed E-state index contributed by atoms with van der Waals surface area (Å²) in [5.74, 6) is 0.235. The summed E-state index contributed by atoms with van der Waals surface area (Å²) >= 11 is 0. The standard InChI is InChI=1S/C15H18N6O/c1-9-5-6-10(7-11(9)18-21-16)14(22)17-13-8-12(19-20-13)15(2,3)4/h5-8H,1-4H3,(H2,17,19,20,22). The maximum atomic E-state index is 12.2. The number of benzene rings is 1. The number of aromatic nitrogens is 2. The van der Waals surface area contributed by atoms with Crippen LogP contribution >= 0.6 is 0 Å². The molecule has 0 radical (unpaired) electrons. The number of amides is 1. The molecule has 0 saturated carbocycles. The van der Waals surface area contributed by atoms with Gasteiger partial charge in [0, 0.05) is 27.6 Å². The highest BCUT2D eigenvalue weighted by molar-refractivity contribution is 6.04. The molecule has 114 valence electrons. The van der Waals surface area contributed by atoms with Crippen molar-refractivity contribution in [2.75, 3.05) is 5.32 Å². The van der Waals surface area contributed by atoms with Gasteiger partial charge in [-0.05, 0) is 30.2 Å². The number of H-pyrrole nitrogens is 1. The Bertz CT molecular complexity index is 750. The molecule has 0 fully saturated rings. The lowest BCUT2D eigenvalue weighted by Gasteiger charge is -2.13. The average Bonchev–Trinajstić information content (AvgIpc) is 2.90. The zero-order valence-corrected chi connectivity index (χ0v) is 13.0. The first-order valence-corrected chi connectivity index (χ1v) is 6.84. The van der Waals surface area contributed by atoms with E-state index in [1.807, 2.05) is 27.7 Å². The number of azide groups is 1. The molecule has 0 saturated heterocycles. The van der Waals surface area contributed by atoms with E-state index in [0.717, 1.165) is 11.3 Å². The van der Waals surface area contributed by atoms with E-state index in [1.165, 1.54) is 0 Å². The van der Waals surface area contributed by atoms with Gasteiger partial charge < -0.3 is 5.32 Å². The minimum Gasteiger partial charge on any atom is -0.307 e. The van der Waals surface area contributed by atoms with Gasteiger partial charge in [-0.3, -0.25) is 9.89 Å². The lowest BCUT2D eigenvalue weighted by molar-refractivity contribution is 0.102. The number of aromatic amines is 1. The zero-order chi connectivity index (χ0) is 16.3. The van der Waals surface area contributed by atoms with E-state index in [9.17, 15) is 4.79 Å². The fraction of sp³-hybridized carbons (Fsp3) is 0.333. The summed E-state index contributed by atoms with van der Waals surface area (Å²) in [6.45, 7) is 7.94. The number of carbonyl (C=O) groups excluding carboxylic acids is 1. The monoisotopic (exact) mass is 298 g/mol. The number of anilines is 1. The molecule has 0 aliphatic heterocycles. The van der Waals surface area contributed by atoms with Crippen LogP contribution in [0.5, 0.6) is 0 Å². The Morgan fingerprint density at radius 3 is 2.68 bits per heavy atom. The van der Waals surface area contributed by atoms with Crippen LogP contribution in [0.1, 0.15) is 42.4 Å². The van der Waals surface area contributed by atoms with Crippen LogP contribution in [-0.2, 0) is 5.41 Å². The number of carbonyl (C=O) groups is 1. The van der Waals surface area contributed by atoms with Gasteiger partial charge in [0.1, 0.15) is 5.82 Å². The molecule has 0 spiro atoms. The van der Waals surface area contributed by atoms with Gasteiger partial charge in [0.05, 0.1) is 5.69 Å². The van der Waals surface area contributed by atoms with Crippen molar-refractivity contribution in [2.24, 2.45) is 5.11 Å². The van der Waals surface area contributed by atoms with Crippen molar-refractivity contribution in [2.45, 2.75) is 33.1 Å². The summed E-state index contributed by atoms with van der Waals surface area (Å²) in [6.07, 6.45) is 0. The largest absolute Gasteiger partial charge is 0.307 e. The van der Waals surface area contributed by atoms with Crippen LogP contribution in [0.3, 0.4) is 0 Å². The molecule has 0 atom stereocenters. The third-order valence-corrected chi connectivity index (χ3v) is 3.22. The predicted octanol–water partition coefficient (Wildman–Crippen LogP) is 4.21. The molecule has 1 aromatic carbocycles.